The van der Waals surface area contributed by atoms with Gasteiger partial charge in [0.15, 0.2) is 0 Å². The van der Waals surface area contributed by atoms with Crippen molar-refractivity contribution in [3.63, 3.8) is 0 Å². The van der Waals surface area contributed by atoms with Gasteiger partial charge in [-0.3, -0.25) is 9.69 Å². The Hall–Kier alpha value is -1.26. The maximum absolute atomic E-state index is 12.0. The van der Waals surface area contributed by atoms with Crippen LogP contribution in [-0.2, 0) is 11.2 Å². The molecule has 0 bridgehead atoms. The molecule has 1 aliphatic heterocycles. The fourth-order valence-corrected chi connectivity index (χ4v) is 5.77. The van der Waals surface area contributed by atoms with Crippen LogP contribution in [0.4, 0.5) is 5.69 Å². The summed E-state index contributed by atoms with van der Waals surface area (Å²) in [6, 6.07) is 7.13. The van der Waals surface area contributed by atoms with Crippen molar-refractivity contribution in [1.29, 1.82) is 0 Å². The molecule has 0 radical (unpaired) electrons. The first kappa shape index (κ1) is 29.0. The number of nitrogens with one attached hydrogen (secondary N) is 1. The normalized spacial score (nSPS) is 21.7. The van der Waals surface area contributed by atoms with Gasteiger partial charge in [-0.2, -0.15) is 0 Å². The molecule has 0 atom stereocenters. The van der Waals surface area contributed by atoms with Gasteiger partial charge in [-0.25, -0.2) is 0 Å². The van der Waals surface area contributed by atoms with Crippen LogP contribution in [0.15, 0.2) is 18.2 Å². The number of unbranched alkanes of at least 4 members (excludes halogenated alkanes) is 1. The van der Waals surface area contributed by atoms with Crippen molar-refractivity contribution in [2.75, 3.05) is 44.2 Å². The number of amides is 1. The quantitative estimate of drug-likeness (QED) is 0.433. The molecule has 2 aliphatic rings. The highest BCUT2D eigenvalue weighted by atomic mass is 35.5. The van der Waals surface area contributed by atoms with Gasteiger partial charge < -0.3 is 10.2 Å². The van der Waals surface area contributed by atoms with E-state index >= 15 is 0 Å². The van der Waals surface area contributed by atoms with Gasteiger partial charge in [-0.15, -0.1) is 12.4 Å². The minimum atomic E-state index is 0. The Bertz CT molecular complexity index is 744. The second kappa shape index (κ2) is 13.7. The van der Waals surface area contributed by atoms with Crippen LogP contribution in [-0.4, -0.2) is 50.1 Å². The van der Waals surface area contributed by atoms with Crippen LogP contribution in [0.5, 0.6) is 0 Å². The third kappa shape index (κ3) is 8.16. The van der Waals surface area contributed by atoms with Crippen LogP contribution in [0.25, 0.3) is 0 Å². The number of carbonyl (C=O) groups excluding carboxylic acids is 1. The lowest BCUT2D eigenvalue weighted by atomic mass is 9.68. The number of halogens is 1. The highest BCUT2D eigenvalue weighted by Gasteiger charge is 2.32. The minimum Gasteiger partial charge on any atom is -0.369 e. The van der Waals surface area contributed by atoms with E-state index in [0.717, 1.165) is 25.4 Å². The summed E-state index contributed by atoms with van der Waals surface area (Å²) in [6.45, 7) is 18.0. The Morgan fingerprint density at radius 2 is 1.71 bits per heavy atom. The summed E-state index contributed by atoms with van der Waals surface area (Å²) in [6.07, 6.45) is 9.29. The van der Waals surface area contributed by atoms with E-state index in [1.165, 1.54) is 69.4 Å². The smallest absolute Gasteiger partial charge is 0.220 e. The molecular formula is C29H50ClN3O. The lowest BCUT2D eigenvalue weighted by Gasteiger charge is -2.40. The topological polar surface area (TPSA) is 35.6 Å². The number of benzene rings is 1. The molecule has 4 nitrogen and oxygen atoms in total. The number of nitrogens with zero attached hydrogens (tertiary/aromatic N) is 2. The van der Waals surface area contributed by atoms with Gasteiger partial charge in [0.2, 0.25) is 5.91 Å². The zero-order chi connectivity index (χ0) is 23.8. The number of carbonyl (C=O) groups is 1. The van der Waals surface area contributed by atoms with Crippen LogP contribution < -0.4 is 10.2 Å². The molecule has 1 amide bonds. The number of hydrogen-bond acceptors (Lipinski definition) is 3. The number of piperazine rings is 1. The van der Waals surface area contributed by atoms with Crippen molar-refractivity contribution in [3.8, 4) is 0 Å². The van der Waals surface area contributed by atoms with Crippen molar-refractivity contribution >= 4 is 24.0 Å². The zero-order valence-electron chi connectivity index (χ0n) is 22.5. The summed E-state index contributed by atoms with van der Waals surface area (Å²) >= 11 is 0. The van der Waals surface area contributed by atoms with E-state index in [0.29, 0.717) is 24.3 Å². The first-order valence-corrected chi connectivity index (χ1v) is 13.7. The predicted octanol–water partition coefficient (Wildman–Crippen LogP) is 6.42. The molecule has 34 heavy (non-hydrogen) atoms. The summed E-state index contributed by atoms with van der Waals surface area (Å²) < 4.78 is 0. The molecule has 1 aliphatic carbocycles. The Kier molecular flexibility index (Phi) is 11.7. The van der Waals surface area contributed by atoms with Crippen LogP contribution in [0.1, 0.15) is 96.6 Å². The highest BCUT2D eigenvalue weighted by Crippen LogP contribution is 2.45. The van der Waals surface area contributed by atoms with Gasteiger partial charge in [0.05, 0.1) is 0 Å². The first-order valence-electron chi connectivity index (χ1n) is 13.7. The third-order valence-electron chi connectivity index (χ3n) is 8.04. The van der Waals surface area contributed by atoms with Crippen LogP contribution in [0.3, 0.4) is 0 Å². The van der Waals surface area contributed by atoms with Gasteiger partial charge in [-0.1, -0.05) is 46.2 Å². The summed E-state index contributed by atoms with van der Waals surface area (Å²) in [7, 11) is 0. The van der Waals surface area contributed by atoms with Gasteiger partial charge in [-0.05, 0) is 86.4 Å². The van der Waals surface area contributed by atoms with Crippen molar-refractivity contribution < 1.29 is 4.79 Å². The number of hydrogen-bond donors (Lipinski definition) is 1. The standard InChI is InChI=1S/C29H49N3O.ClH/c1-6-8-17-31-18-20-32(21-19-31)27-22-23(10-16-28(33)30-7-2)9-15-26(27)24-11-13-25(14-12-24)29(3,4)5;/h9,15,22,24-25H,6-8,10-14,16-21H2,1-5H3,(H,30,33);1H. The molecule has 1 N–H and O–H groups in total. The first-order chi connectivity index (χ1) is 15.8. The van der Waals surface area contributed by atoms with Crippen LogP contribution in [0.2, 0.25) is 0 Å². The molecule has 1 aromatic rings. The van der Waals surface area contributed by atoms with E-state index in [4.69, 9.17) is 0 Å². The molecule has 1 saturated carbocycles. The van der Waals surface area contributed by atoms with E-state index in [9.17, 15) is 4.79 Å². The van der Waals surface area contributed by atoms with Gasteiger partial charge >= 0.3 is 0 Å². The summed E-state index contributed by atoms with van der Waals surface area (Å²) in [5.74, 6) is 1.68. The molecular weight excluding hydrogens is 442 g/mol. The fraction of sp³-hybridized carbons (Fsp3) is 0.759. The SMILES string of the molecule is CCCCN1CCN(c2cc(CCC(=O)NCC)ccc2C2CCC(C(C)(C)C)CC2)CC1.Cl. The Morgan fingerprint density at radius 1 is 1.03 bits per heavy atom. The predicted molar refractivity (Wildman–Crippen MR) is 148 cm³/mol. The average molecular weight is 492 g/mol. The van der Waals surface area contributed by atoms with E-state index in [2.05, 4.69) is 61.0 Å². The number of anilines is 1. The van der Waals surface area contributed by atoms with Gasteiger partial charge in [0, 0.05) is 44.8 Å². The Balaban J connectivity index is 0.00000408. The number of rotatable bonds is 9. The van der Waals surface area contributed by atoms with Gasteiger partial charge in [0.1, 0.15) is 0 Å². The molecule has 194 valence electrons. The number of aryl methyl sites for hydroxylation is 1. The summed E-state index contributed by atoms with van der Waals surface area (Å²) in [5, 5.41) is 2.94. The molecule has 5 heteroatoms. The Morgan fingerprint density at radius 3 is 2.29 bits per heavy atom. The van der Waals surface area contributed by atoms with Crippen molar-refractivity contribution in [1.82, 2.24) is 10.2 Å². The van der Waals surface area contributed by atoms with E-state index < -0.39 is 0 Å². The maximum Gasteiger partial charge on any atom is 0.220 e. The largest absolute Gasteiger partial charge is 0.369 e. The van der Waals surface area contributed by atoms with Crippen molar-refractivity contribution in [2.24, 2.45) is 11.3 Å². The molecule has 0 unspecified atom stereocenters. The molecule has 0 aromatic heterocycles. The van der Waals surface area contributed by atoms with E-state index in [1.807, 2.05) is 6.92 Å². The summed E-state index contributed by atoms with van der Waals surface area (Å²) in [4.78, 5) is 17.3. The average Bonchev–Trinajstić information content (AvgIpc) is 2.81. The van der Waals surface area contributed by atoms with Crippen LogP contribution in [0, 0.1) is 11.3 Å². The molecule has 0 spiro atoms. The van der Waals surface area contributed by atoms with Crippen molar-refractivity contribution in [3.05, 3.63) is 29.3 Å². The maximum atomic E-state index is 12.0. The second-order valence-corrected chi connectivity index (χ2v) is 11.4. The molecule has 2 fully saturated rings. The van der Waals surface area contributed by atoms with E-state index in [1.54, 1.807) is 5.56 Å². The van der Waals surface area contributed by atoms with Gasteiger partial charge in [0.25, 0.3) is 0 Å². The highest BCUT2D eigenvalue weighted by molar-refractivity contribution is 5.85. The van der Waals surface area contributed by atoms with Crippen LogP contribution >= 0.6 is 12.4 Å². The van der Waals surface area contributed by atoms with Crippen molar-refractivity contribution in [2.45, 2.75) is 91.9 Å². The second-order valence-electron chi connectivity index (χ2n) is 11.4. The molecule has 1 heterocycles. The molecule has 1 saturated heterocycles. The summed E-state index contributed by atoms with van der Waals surface area (Å²) in [5.41, 5.74) is 4.74. The van der Waals surface area contributed by atoms with E-state index in [-0.39, 0.29) is 18.3 Å². The third-order valence-corrected chi connectivity index (χ3v) is 8.04. The fourth-order valence-electron chi connectivity index (χ4n) is 5.77. The lowest BCUT2D eigenvalue weighted by Crippen LogP contribution is -2.47. The lowest BCUT2D eigenvalue weighted by molar-refractivity contribution is -0.120. The molecule has 3 rings (SSSR count). The molecule has 1 aromatic carbocycles. The monoisotopic (exact) mass is 491 g/mol. The minimum absolute atomic E-state index is 0. The Labute approximate surface area is 215 Å². The zero-order valence-corrected chi connectivity index (χ0v) is 23.3.